The lowest BCUT2D eigenvalue weighted by Crippen LogP contribution is -2.07. The summed E-state index contributed by atoms with van der Waals surface area (Å²) in [4.78, 5) is 0. The van der Waals surface area contributed by atoms with Crippen molar-refractivity contribution in [2.75, 3.05) is 11.0 Å². The molecule has 0 aromatic heterocycles. The van der Waals surface area contributed by atoms with Gasteiger partial charge in [-0.05, 0) is 24.1 Å². The third kappa shape index (κ3) is 7.25. The lowest BCUT2D eigenvalue weighted by molar-refractivity contribution is 0.0678. The van der Waals surface area contributed by atoms with Gasteiger partial charge in [0.25, 0.3) is 0 Å². The molecule has 1 rings (SSSR count). The van der Waals surface area contributed by atoms with E-state index in [1.54, 1.807) is 0 Å². The Hall–Kier alpha value is -0.160. The van der Waals surface area contributed by atoms with E-state index in [4.69, 9.17) is 4.74 Å². The molecule has 0 radical (unpaired) electrons. The molecule has 0 saturated heterocycles. The first kappa shape index (κ1) is 16.9. The maximum atomic E-state index is 12.9. The van der Waals surface area contributed by atoms with E-state index in [1.807, 2.05) is 12.1 Å². The van der Waals surface area contributed by atoms with E-state index in [1.165, 1.54) is 44.2 Å². The molecule has 3 heteroatoms. The SMILES string of the molecule is CCCCCCCCOC(CI)c1ccc(F)cc1. The van der Waals surface area contributed by atoms with E-state index in [9.17, 15) is 4.39 Å². The topological polar surface area (TPSA) is 9.23 Å². The Balaban J connectivity index is 2.20. The Bertz CT molecular complexity index is 326. The fourth-order valence-electron chi connectivity index (χ4n) is 2.02. The van der Waals surface area contributed by atoms with Crippen LogP contribution >= 0.6 is 22.6 Å². The van der Waals surface area contributed by atoms with Gasteiger partial charge in [-0.1, -0.05) is 73.8 Å². The van der Waals surface area contributed by atoms with Crippen molar-refractivity contribution in [2.24, 2.45) is 0 Å². The maximum absolute atomic E-state index is 12.9. The van der Waals surface area contributed by atoms with Gasteiger partial charge in [0.1, 0.15) is 5.82 Å². The molecule has 108 valence electrons. The average molecular weight is 378 g/mol. The van der Waals surface area contributed by atoms with E-state index in [-0.39, 0.29) is 11.9 Å². The van der Waals surface area contributed by atoms with E-state index in [2.05, 4.69) is 29.5 Å². The number of benzene rings is 1. The molecule has 0 fully saturated rings. The van der Waals surface area contributed by atoms with Crippen molar-refractivity contribution in [3.63, 3.8) is 0 Å². The van der Waals surface area contributed by atoms with Gasteiger partial charge in [0.05, 0.1) is 6.10 Å². The van der Waals surface area contributed by atoms with E-state index in [0.717, 1.165) is 23.0 Å². The van der Waals surface area contributed by atoms with Crippen LogP contribution in [0.2, 0.25) is 0 Å². The minimum Gasteiger partial charge on any atom is -0.373 e. The molecule has 0 aliphatic carbocycles. The number of alkyl halides is 1. The van der Waals surface area contributed by atoms with Crippen molar-refractivity contribution in [3.05, 3.63) is 35.6 Å². The van der Waals surface area contributed by atoms with Crippen molar-refractivity contribution in [1.29, 1.82) is 0 Å². The van der Waals surface area contributed by atoms with Gasteiger partial charge in [-0.15, -0.1) is 0 Å². The minimum atomic E-state index is -0.188. The van der Waals surface area contributed by atoms with Gasteiger partial charge in [0.15, 0.2) is 0 Å². The summed E-state index contributed by atoms with van der Waals surface area (Å²) in [6.45, 7) is 3.04. The fourth-order valence-corrected chi connectivity index (χ4v) is 2.78. The molecule has 0 bridgehead atoms. The van der Waals surface area contributed by atoms with Crippen LogP contribution in [0, 0.1) is 5.82 Å². The third-order valence-corrected chi connectivity index (χ3v) is 4.00. The van der Waals surface area contributed by atoms with Gasteiger partial charge in [-0.25, -0.2) is 4.39 Å². The second-order valence-corrected chi connectivity index (χ2v) is 5.71. The summed E-state index contributed by atoms with van der Waals surface area (Å²) in [7, 11) is 0. The molecular weight excluding hydrogens is 354 g/mol. The van der Waals surface area contributed by atoms with Crippen molar-refractivity contribution >= 4 is 22.6 Å². The average Bonchev–Trinajstić information content (AvgIpc) is 2.43. The first-order chi connectivity index (χ1) is 9.27. The fraction of sp³-hybridized carbons (Fsp3) is 0.625. The quantitative estimate of drug-likeness (QED) is 0.289. The molecule has 1 aromatic carbocycles. The molecule has 1 aromatic rings. The van der Waals surface area contributed by atoms with Crippen LogP contribution in [-0.4, -0.2) is 11.0 Å². The predicted octanol–water partition coefficient (Wildman–Crippen LogP) is 5.68. The van der Waals surface area contributed by atoms with Crippen molar-refractivity contribution in [3.8, 4) is 0 Å². The monoisotopic (exact) mass is 378 g/mol. The summed E-state index contributed by atoms with van der Waals surface area (Å²) < 4.78 is 19.7. The van der Waals surface area contributed by atoms with E-state index >= 15 is 0 Å². The van der Waals surface area contributed by atoms with Gasteiger partial charge >= 0.3 is 0 Å². The Morgan fingerprint density at radius 1 is 1.05 bits per heavy atom. The van der Waals surface area contributed by atoms with E-state index < -0.39 is 0 Å². The van der Waals surface area contributed by atoms with Gasteiger partial charge in [-0.3, -0.25) is 0 Å². The Kier molecular flexibility index (Phi) is 9.43. The van der Waals surface area contributed by atoms with Crippen LogP contribution in [0.3, 0.4) is 0 Å². The molecule has 0 amide bonds. The lowest BCUT2D eigenvalue weighted by atomic mass is 10.1. The molecule has 0 N–H and O–H groups in total. The second kappa shape index (κ2) is 10.6. The molecule has 19 heavy (non-hydrogen) atoms. The molecule has 1 nitrogen and oxygen atoms in total. The van der Waals surface area contributed by atoms with Crippen LogP contribution in [0.4, 0.5) is 4.39 Å². The van der Waals surface area contributed by atoms with Crippen LogP contribution in [0.25, 0.3) is 0 Å². The number of hydrogen-bond acceptors (Lipinski definition) is 1. The largest absolute Gasteiger partial charge is 0.373 e. The van der Waals surface area contributed by atoms with Crippen molar-refractivity contribution in [1.82, 2.24) is 0 Å². The summed E-state index contributed by atoms with van der Waals surface area (Å²) in [5, 5.41) is 0. The first-order valence-electron chi connectivity index (χ1n) is 7.21. The van der Waals surface area contributed by atoms with Gasteiger partial charge < -0.3 is 4.74 Å². The highest BCUT2D eigenvalue weighted by Gasteiger charge is 2.10. The molecule has 0 spiro atoms. The summed E-state index contributed by atoms with van der Waals surface area (Å²) in [6.07, 6.45) is 7.74. The maximum Gasteiger partial charge on any atom is 0.123 e. The minimum absolute atomic E-state index is 0.0943. The number of rotatable bonds is 10. The highest BCUT2D eigenvalue weighted by Crippen LogP contribution is 2.21. The number of unbranched alkanes of at least 4 members (excludes halogenated alkanes) is 5. The molecule has 1 unspecified atom stereocenters. The van der Waals surface area contributed by atoms with E-state index in [0.29, 0.717) is 0 Å². The van der Waals surface area contributed by atoms with Crippen molar-refractivity contribution in [2.45, 2.75) is 51.6 Å². The van der Waals surface area contributed by atoms with Crippen molar-refractivity contribution < 1.29 is 9.13 Å². The van der Waals surface area contributed by atoms with Crippen LogP contribution in [-0.2, 0) is 4.74 Å². The molecular formula is C16H24FIO. The lowest BCUT2D eigenvalue weighted by Gasteiger charge is -2.15. The summed E-state index contributed by atoms with van der Waals surface area (Å²) >= 11 is 2.32. The van der Waals surface area contributed by atoms with Crippen LogP contribution < -0.4 is 0 Å². The predicted molar refractivity (Wildman–Crippen MR) is 87.4 cm³/mol. The number of halogens is 2. The van der Waals surface area contributed by atoms with Gasteiger partial charge in [0, 0.05) is 11.0 Å². The number of hydrogen-bond donors (Lipinski definition) is 0. The smallest absolute Gasteiger partial charge is 0.123 e. The summed E-state index contributed by atoms with van der Waals surface area (Å²) in [5.74, 6) is -0.188. The third-order valence-electron chi connectivity index (χ3n) is 3.20. The number of ether oxygens (including phenoxy) is 1. The molecule has 0 saturated carbocycles. The second-order valence-electron chi connectivity index (χ2n) is 4.83. The highest BCUT2D eigenvalue weighted by atomic mass is 127. The molecule has 1 atom stereocenters. The Morgan fingerprint density at radius 2 is 1.68 bits per heavy atom. The molecule has 0 aliphatic heterocycles. The standard InChI is InChI=1S/C16H24FIO/c1-2-3-4-5-6-7-12-19-16(13-18)14-8-10-15(17)11-9-14/h8-11,16H,2-7,12-13H2,1H3. The highest BCUT2D eigenvalue weighted by molar-refractivity contribution is 14.1. The van der Waals surface area contributed by atoms with Gasteiger partial charge in [-0.2, -0.15) is 0 Å². The molecule has 0 heterocycles. The van der Waals surface area contributed by atoms with Crippen LogP contribution in [0.5, 0.6) is 0 Å². The zero-order chi connectivity index (χ0) is 13.9. The Morgan fingerprint density at radius 3 is 2.32 bits per heavy atom. The summed E-state index contributed by atoms with van der Waals surface area (Å²) in [5.41, 5.74) is 1.07. The first-order valence-corrected chi connectivity index (χ1v) is 8.73. The van der Waals surface area contributed by atoms with Crippen LogP contribution in [0.1, 0.15) is 57.1 Å². The Labute approximate surface area is 130 Å². The normalized spacial score (nSPS) is 12.6. The molecule has 0 aliphatic rings. The zero-order valence-corrected chi connectivity index (χ0v) is 13.9. The van der Waals surface area contributed by atoms with Crippen LogP contribution in [0.15, 0.2) is 24.3 Å². The zero-order valence-electron chi connectivity index (χ0n) is 11.7. The summed E-state index contributed by atoms with van der Waals surface area (Å²) in [6, 6.07) is 6.64. The van der Waals surface area contributed by atoms with Gasteiger partial charge in [0.2, 0.25) is 0 Å².